The van der Waals surface area contributed by atoms with Gasteiger partial charge < -0.3 is 15.8 Å². The van der Waals surface area contributed by atoms with E-state index in [1.54, 1.807) is 0 Å². The van der Waals surface area contributed by atoms with Gasteiger partial charge in [-0.3, -0.25) is 4.79 Å². The normalized spacial score (nSPS) is 12.9. The van der Waals surface area contributed by atoms with E-state index in [1.165, 1.54) is 29.8 Å². The van der Waals surface area contributed by atoms with Crippen LogP contribution in [0.1, 0.15) is 62.4 Å². The van der Waals surface area contributed by atoms with E-state index in [1.807, 2.05) is 12.1 Å². The number of thiophene rings is 2. The van der Waals surface area contributed by atoms with E-state index >= 15 is 0 Å². The number of unbranched alkanes of at least 4 members (excludes halogenated alkanes) is 1. The largest absolute Gasteiger partial charge is 0.465 e. The molecule has 1 aliphatic rings. The van der Waals surface area contributed by atoms with E-state index in [4.69, 9.17) is 10.5 Å². The van der Waals surface area contributed by atoms with E-state index < -0.39 is 5.97 Å². The van der Waals surface area contributed by atoms with Crippen molar-refractivity contribution in [2.24, 2.45) is 0 Å². The smallest absolute Gasteiger partial charge is 0.341 e. The monoisotopic (exact) mass is 429 g/mol. The van der Waals surface area contributed by atoms with Crippen molar-refractivity contribution >= 4 is 55.5 Å². The quantitative estimate of drug-likeness (QED) is 0.548. The average Bonchev–Trinajstić information content (AvgIpc) is 3.38. The summed E-state index contributed by atoms with van der Waals surface area (Å²) < 4.78 is 4.95. The molecule has 3 N–H and O–H groups in total. The number of amides is 1. The summed E-state index contributed by atoms with van der Waals surface area (Å²) in [5.74, 6) is -0.725. The van der Waals surface area contributed by atoms with Crippen LogP contribution in [0.15, 0.2) is 12.1 Å². The molecule has 6 nitrogen and oxygen atoms in total. The molecule has 1 amide bonds. The van der Waals surface area contributed by atoms with Crippen molar-refractivity contribution in [1.29, 1.82) is 0 Å². The zero-order valence-electron chi connectivity index (χ0n) is 16.5. The zero-order valence-corrected chi connectivity index (χ0v) is 18.1. The van der Waals surface area contributed by atoms with Crippen LogP contribution in [0.3, 0.4) is 0 Å². The first-order valence-electron chi connectivity index (χ1n) is 9.75. The Bertz CT molecular complexity index is 1100. The molecule has 8 heteroatoms. The number of esters is 1. The number of ether oxygens (including phenoxy) is 1. The Balaban J connectivity index is 1.65. The van der Waals surface area contributed by atoms with Crippen molar-refractivity contribution in [3.05, 3.63) is 38.7 Å². The lowest BCUT2D eigenvalue weighted by Gasteiger charge is -2.06. The van der Waals surface area contributed by atoms with E-state index in [2.05, 4.69) is 17.2 Å². The van der Waals surface area contributed by atoms with E-state index in [0.717, 1.165) is 64.9 Å². The summed E-state index contributed by atoms with van der Waals surface area (Å²) in [5.41, 5.74) is 9.19. The van der Waals surface area contributed by atoms with E-state index in [9.17, 15) is 9.59 Å². The Morgan fingerprint density at radius 3 is 2.86 bits per heavy atom. The van der Waals surface area contributed by atoms with Crippen LogP contribution in [0.25, 0.3) is 10.2 Å². The van der Waals surface area contributed by atoms with Crippen molar-refractivity contribution in [1.82, 2.24) is 4.98 Å². The number of nitrogens with two attached hydrogens (primary N) is 1. The Morgan fingerprint density at radius 2 is 2.10 bits per heavy atom. The fraction of sp³-hybridized carbons (Fsp3) is 0.381. The minimum Gasteiger partial charge on any atom is -0.465 e. The zero-order chi connectivity index (χ0) is 20.5. The number of carbonyl (C=O) groups excluding carboxylic acids is 2. The fourth-order valence-corrected chi connectivity index (χ4v) is 5.95. The number of rotatable bonds is 6. The van der Waals surface area contributed by atoms with Crippen LogP contribution in [-0.4, -0.2) is 24.0 Å². The molecule has 4 rings (SSSR count). The molecular weight excluding hydrogens is 406 g/mol. The van der Waals surface area contributed by atoms with Crippen LogP contribution in [0.2, 0.25) is 0 Å². The highest BCUT2D eigenvalue weighted by atomic mass is 32.1. The van der Waals surface area contributed by atoms with Crippen molar-refractivity contribution in [3.8, 4) is 0 Å². The van der Waals surface area contributed by atoms with Crippen molar-refractivity contribution in [3.63, 3.8) is 0 Å². The van der Waals surface area contributed by atoms with Crippen LogP contribution < -0.4 is 11.1 Å². The molecule has 1 aliphatic carbocycles. The number of hydrogen-bond acceptors (Lipinski definition) is 7. The van der Waals surface area contributed by atoms with Gasteiger partial charge in [0.2, 0.25) is 0 Å². The number of nitrogen functional groups attached to an aromatic ring is 1. The second-order valence-corrected chi connectivity index (χ2v) is 9.22. The number of carbonyl (C=O) groups is 2. The molecule has 0 atom stereocenters. The highest BCUT2D eigenvalue weighted by Gasteiger charge is 2.29. The SMILES string of the molecule is CCCCc1ccc2c(N)c(C(=O)Nc3sc4c(c3C(=O)OC)CCC4)sc2n1. The van der Waals surface area contributed by atoms with Gasteiger partial charge in [0.15, 0.2) is 0 Å². The molecule has 0 unspecified atom stereocenters. The molecule has 3 aromatic heterocycles. The highest BCUT2D eigenvalue weighted by Crippen LogP contribution is 2.40. The van der Waals surface area contributed by atoms with Crippen molar-refractivity contribution in [2.75, 3.05) is 18.2 Å². The summed E-state index contributed by atoms with van der Waals surface area (Å²) in [6, 6.07) is 3.91. The first-order valence-corrected chi connectivity index (χ1v) is 11.4. The number of anilines is 2. The standard InChI is InChI=1S/C21H23N3O3S2/c1-3-4-6-11-9-10-13-16(22)17(29-19(13)23-11)18(25)24-20-15(21(26)27-2)12-7-5-8-14(12)28-20/h9-10H,3-8,22H2,1-2H3,(H,24,25). The summed E-state index contributed by atoms with van der Waals surface area (Å²) >= 11 is 2.74. The Hall–Kier alpha value is -2.45. The van der Waals surface area contributed by atoms with Crippen LogP contribution in [0.5, 0.6) is 0 Å². The molecule has 3 aromatic rings. The first kappa shape index (κ1) is 19.8. The molecule has 3 heterocycles. The predicted molar refractivity (Wildman–Crippen MR) is 118 cm³/mol. The number of aromatic nitrogens is 1. The van der Waals surface area contributed by atoms with Gasteiger partial charge in [0.05, 0.1) is 18.4 Å². The first-order chi connectivity index (χ1) is 14.0. The van der Waals surface area contributed by atoms with Gasteiger partial charge in [-0.05, 0) is 49.8 Å². The molecule has 0 bridgehead atoms. The maximum atomic E-state index is 13.0. The number of aryl methyl sites for hydroxylation is 2. The number of fused-ring (bicyclic) bond motifs is 2. The van der Waals surface area contributed by atoms with Gasteiger partial charge in [0.1, 0.15) is 14.7 Å². The van der Waals surface area contributed by atoms with Crippen LogP contribution in [0, 0.1) is 0 Å². The van der Waals surface area contributed by atoms with Gasteiger partial charge in [-0.2, -0.15) is 0 Å². The second kappa shape index (κ2) is 8.12. The van der Waals surface area contributed by atoms with Gasteiger partial charge in [-0.15, -0.1) is 22.7 Å². The number of hydrogen-bond donors (Lipinski definition) is 2. The minimum atomic E-state index is -0.411. The van der Waals surface area contributed by atoms with Gasteiger partial charge in [-0.1, -0.05) is 13.3 Å². The van der Waals surface area contributed by atoms with Crippen molar-refractivity contribution < 1.29 is 14.3 Å². The third kappa shape index (κ3) is 3.62. The number of methoxy groups -OCH3 is 1. The number of nitrogens with one attached hydrogen (secondary N) is 1. The minimum absolute atomic E-state index is 0.314. The lowest BCUT2D eigenvalue weighted by Crippen LogP contribution is -2.14. The molecule has 0 saturated heterocycles. The van der Waals surface area contributed by atoms with Gasteiger partial charge in [-0.25, -0.2) is 9.78 Å². The molecule has 0 spiro atoms. The summed E-state index contributed by atoms with van der Waals surface area (Å²) in [4.78, 5) is 32.3. The Kier molecular flexibility index (Phi) is 5.56. The molecule has 0 saturated carbocycles. The van der Waals surface area contributed by atoms with Gasteiger partial charge in [0, 0.05) is 16.0 Å². The third-order valence-corrected chi connectivity index (χ3v) is 7.50. The topological polar surface area (TPSA) is 94.3 Å². The predicted octanol–water partition coefficient (Wildman–Crippen LogP) is 4.81. The molecule has 152 valence electrons. The summed E-state index contributed by atoms with van der Waals surface area (Å²) in [7, 11) is 1.36. The van der Waals surface area contributed by atoms with Crippen LogP contribution in [0.4, 0.5) is 10.7 Å². The maximum absolute atomic E-state index is 13.0. The summed E-state index contributed by atoms with van der Waals surface area (Å²) in [6.45, 7) is 2.15. The third-order valence-electron chi connectivity index (χ3n) is 5.18. The van der Waals surface area contributed by atoms with E-state index in [0.29, 0.717) is 21.1 Å². The van der Waals surface area contributed by atoms with Crippen molar-refractivity contribution in [2.45, 2.75) is 45.4 Å². The maximum Gasteiger partial charge on any atom is 0.341 e. The average molecular weight is 430 g/mol. The second-order valence-electron chi connectivity index (χ2n) is 7.11. The molecule has 0 radical (unpaired) electrons. The summed E-state index contributed by atoms with van der Waals surface area (Å²) in [5, 5.41) is 4.24. The number of pyridine rings is 1. The Labute approximate surface area is 177 Å². The van der Waals surface area contributed by atoms with Crippen LogP contribution in [-0.2, 0) is 24.0 Å². The molecular formula is C21H23N3O3S2. The van der Waals surface area contributed by atoms with Gasteiger partial charge in [0.25, 0.3) is 5.91 Å². The molecule has 0 aromatic carbocycles. The fourth-order valence-electron chi connectivity index (χ4n) is 3.67. The molecule has 0 fully saturated rings. The van der Waals surface area contributed by atoms with E-state index in [-0.39, 0.29) is 5.91 Å². The molecule has 0 aliphatic heterocycles. The highest BCUT2D eigenvalue weighted by molar-refractivity contribution is 7.21. The summed E-state index contributed by atoms with van der Waals surface area (Å²) in [6.07, 6.45) is 5.87. The van der Waals surface area contributed by atoms with Gasteiger partial charge >= 0.3 is 5.97 Å². The lowest BCUT2D eigenvalue weighted by atomic mass is 10.1. The van der Waals surface area contributed by atoms with Crippen LogP contribution >= 0.6 is 22.7 Å². The Morgan fingerprint density at radius 1 is 1.28 bits per heavy atom. The number of nitrogens with zero attached hydrogens (tertiary/aromatic N) is 1. The molecule has 29 heavy (non-hydrogen) atoms. The lowest BCUT2D eigenvalue weighted by molar-refractivity contribution is 0.0601.